The van der Waals surface area contributed by atoms with Crippen LogP contribution in [-0.2, 0) is 4.79 Å². The second-order valence-corrected chi connectivity index (χ2v) is 6.00. The lowest BCUT2D eigenvalue weighted by Crippen LogP contribution is -2.11. The van der Waals surface area contributed by atoms with E-state index in [1.54, 1.807) is 13.0 Å². The standard InChI is InChI=1S/C17H14ClNO4/c1-10-8-11(6-7-16(10)19(21)22)23-17(20)14-9-13(14)12-4-2-3-5-15(12)18/h2-8,13-14H,9H2,1H3. The van der Waals surface area contributed by atoms with Crippen molar-refractivity contribution in [2.45, 2.75) is 19.3 Å². The van der Waals surface area contributed by atoms with Crippen molar-refractivity contribution in [1.82, 2.24) is 0 Å². The Morgan fingerprint density at radius 2 is 2.04 bits per heavy atom. The maximum Gasteiger partial charge on any atom is 0.314 e. The molecule has 0 spiro atoms. The molecule has 0 amide bonds. The van der Waals surface area contributed by atoms with Gasteiger partial charge in [0.15, 0.2) is 0 Å². The van der Waals surface area contributed by atoms with Crippen molar-refractivity contribution in [3.05, 3.63) is 68.7 Å². The zero-order valence-electron chi connectivity index (χ0n) is 12.4. The van der Waals surface area contributed by atoms with E-state index in [-0.39, 0.29) is 23.5 Å². The Morgan fingerprint density at radius 3 is 2.70 bits per heavy atom. The van der Waals surface area contributed by atoms with Crippen molar-refractivity contribution < 1.29 is 14.5 Å². The molecule has 2 aromatic carbocycles. The molecule has 0 N–H and O–H groups in total. The third-order valence-corrected chi connectivity index (χ3v) is 4.33. The molecular weight excluding hydrogens is 318 g/mol. The third kappa shape index (κ3) is 3.19. The van der Waals surface area contributed by atoms with Crippen LogP contribution in [0.4, 0.5) is 5.69 Å². The number of ether oxygens (including phenoxy) is 1. The quantitative estimate of drug-likeness (QED) is 0.363. The smallest absolute Gasteiger partial charge is 0.314 e. The monoisotopic (exact) mass is 331 g/mol. The molecular formula is C17H14ClNO4. The maximum absolute atomic E-state index is 12.2. The molecule has 1 aliphatic carbocycles. The topological polar surface area (TPSA) is 69.4 Å². The fourth-order valence-corrected chi connectivity index (χ4v) is 2.94. The minimum absolute atomic E-state index is 0.00478. The molecule has 0 radical (unpaired) electrons. The SMILES string of the molecule is Cc1cc(OC(=O)C2CC2c2ccccc2Cl)ccc1[N+](=O)[O-]. The molecule has 3 rings (SSSR count). The minimum atomic E-state index is -0.463. The number of carbonyl (C=O) groups excluding carboxylic acids is 1. The van der Waals surface area contributed by atoms with Gasteiger partial charge in [-0.2, -0.15) is 0 Å². The van der Waals surface area contributed by atoms with Gasteiger partial charge in [-0.05, 0) is 43.0 Å². The van der Waals surface area contributed by atoms with Gasteiger partial charge in [-0.3, -0.25) is 14.9 Å². The van der Waals surface area contributed by atoms with Gasteiger partial charge in [0.05, 0.1) is 10.8 Å². The molecule has 6 heteroatoms. The zero-order valence-corrected chi connectivity index (χ0v) is 13.1. The van der Waals surface area contributed by atoms with Gasteiger partial charge in [0.2, 0.25) is 0 Å². The first-order valence-corrected chi connectivity index (χ1v) is 7.56. The molecule has 1 fully saturated rings. The highest BCUT2D eigenvalue weighted by atomic mass is 35.5. The lowest BCUT2D eigenvalue weighted by Gasteiger charge is -2.06. The Labute approximate surface area is 138 Å². The summed E-state index contributed by atoms with van der Waals surface area (Å²) in [4.78, 5) is 22.5. The van der Waals surface area contributed by atoms with Crippen LogP contribution in [0.1, 0.15) is 23.5 Å². The largest absolute Gasteiger partial charge is 0.426 e. The number of carbonyl (C=O) groups is 1. The lowest BCUT2D eigenvalue weighted by atomic mass is 10.1. The van der Waals surface area contributed by atoms with Crippen LogP contribution in [0.25, 0.3) is 0 Å². The summed E-state index contributed by atoms with van der Waals surface area (Å²) < 4.78 is 5.34. The van der Waals surface area contributed by atoms with E-state index >= 15 is 0 Å². The normalized spacial score (nSPS) is 19.2. The Bertz CT molecular complexity index is 790. The molecule has 2 atom stereocenters. The number of aryl methyl sites for hydroxylation is 1. The summed E-state index contributed by atoms with van der Waals surface area (Å²) in [5.41, 5.74) is 1.42. The van der Waals surface area contributed by atoms with Crippen LogP contribution in [0.5, 0.6) is 5.75 Å². The Hall–Kier alpha value is -2.40. The van der Waals surface area contributed by atoms with Gasteiger partial charge in [-0.1, -0.05) is 29.8 Å². The van der Waals surface area contributed by atoms with E-state index in [0.29, 0.717) is 22.8 Å². The summed E-state index contributed by atoms with van der Waals surface area (Å²) in [5, 5.41) is 11.4. The lowest BCUT2D eigenvalue weighted by molar-refractivity contribution is -0.385. The maximum atomic E-state index is 12.2. The molecule has 0 heterocycles. The average Bonchev–Trinajstić information content (AvgIpc) is 3.28. The fourth-order valence-electron chi connectivity index (χ4n) is 2.66. The highest BCUT2D eigenvalue weighted by Gasteiger charge is 2.46. The number of nitro benzene ring substituents is 1. The third-order valence-electron chi connectivity index (χ3n) is 3.98. The predicted octanol–water partition coefficient (Wildman–Crippen LogP) is 4.27. The summed E-state index contributed by atoms with van der Waals surface area (Å²) >= 11 is 6.14. The highest BCUT2D eigenvalue weighted by molar-refractivity contribution is 6.31. The Kier molecular flexibility index (Phi) is 4.05. The molecule has 5 nitrogen and oxygen atoms in total. The molecule has 0 saturated heterocycles. The Balaban J connectivity index is 1.68. The molecule has 0 bridgehead atoms. The van der Waals surface area contributed by atoms with Gasteiger partial charge >= 0.3 is 5.97 Å². The summed E-state index contributed by atoms with van der Waals surface area (Å²) in [5.74, 6) is -0.146. The minimum Gasteiger partial charge on any atom is -0.426 e. The van der Waals surface area contributed by atoms with Gasteiger partial charge < -0.3 is 4.74 Å². The van der Waals surface area contributed by atoms with Gasteiger partial charge in [-0.15, -0.1) is 0 Å². The van der Waals surface area contributed by atoms with Crippen LogP contribution in [0.3, 0.4) is 0 Å². The van der Waals surface area contributed by atoms with Gasteiger partial charge in [0.25, 0.3) is 5.69 Å². The second-order valence-electron chi connectivity index (χ2n) is 5.60. The number of nitro groups is 1. The molecule has 1 saturated carbocycles. The summed E-state index contributed by atoms with van der Waals surface area (Å²) in [6, 6.07) is 11.7. The van der Waals surface area contributed by atoms with Crippen molar-refractivity contribution in [3.63, 3.8) is 0 Å². The number of hydrogen-bond acceptors (Lipinski definition) is 4. The molecule has 2 unspecified atom stereocenters. The van der Waals surface area contributed by atoms with Gasteiger partial charge in [-0.25, -0.2) is 0 Å². The average molecular weight is 332 g/mol. The van der Waals surface area contributed by atoms with E-state index in [1.165, 1.54) is 18.2 Å². The molecule has 23 heavy (non-hydrogen) atoms. The number of nitrogens with zero attached hydrogens (tertiary/aromatic N) is 1. The van der Waals surface area contributed by atoms with Crippen molar-refractivity contribution in [3.8, 4) is 5.75 Å². The zero-order chi connectivity index (χ0) is 16.6. The van der Waals surface area contributed by atoms with Crippen molar-refractivity contribution in [1.29, 1.82) is 0 Å². The van der Waals surface area contributed by atoms with Crippen LogP contribution in [0.2, 0.25) is 5.02 Å². The predicted molar refractivity (Wildman–Crippen MR) is 85.8 cm³/mol. The molecule has 118 valence electrons. The van der Waals surface area contributed by atoms with Crippen molar-refractivity contribution in [2.24, 2.45) is 5.92 Å². The first kappa shape index (κ1) is 15.5. The fraction of sp³-hybridized carbons (Fsp3) is 0.235. The number of hydrogen-bond donors (Lipinski definition) is 0. The first-order valence-electron chi connectivity index (χ1n) is 7.18. The number of halogens is 1. The van der Waals surface area contributed by atoms with Crippen LogP contribution >= 0.6 is 11.6 Å². The van der Waals surface area contributed by atoms with Crippen LogP contribution in [0.15, 0.2) is 42.5 Å². The molecule has 0 aromatic heterocycles. The highest BCUT2D eigenvalue weighted by Crippen LogP contribution is 2.50. The number of benzene rings is 2. The van der Waals surface area contributed by atoms with E-state index in [0.717, 1.165) is 5.56 Å². The van der Waals surface area contributed by atoms with Crippen molar-refractivity contribution in [2.75, 3.05) is 0 Å². The van der Waals surface area contributed by atoms with Gasteiger partial charge in [0.1, 0.15) is 5.75 Å². The van der Waals surface area contributed by atoms with Crippen LogP contribution in [0, 0.1) is 23.0 Å². The van der Waals surface area contributed by atoms with E-state index in [1.807, 2.05) is 18.2 Å². The summed E-state index contributed by atoms with van der Waals surface area (Å²) in [6.45, 7) is 1.61. The number of rotatable bonds is 4. The second kappa shape index (κ2) is 6.01. The first-order chi connectivity index (χ1) is 11.0. The molecule has 1 aliphatic rings. The van der Waals surface area contributed by atoms with E-state index in [2.05, 4.69) is 0 Å². The van der Waals surface area contributed by atoms with E-state index < -0.39 is 4.92 Å². The van der Waals surface area contributed by atoms with Crippen LogP contribution < -0.4 is 4.74 Å². The van der Waals surface area contributed by atoms with Crippen molar-refractivity contribution >= 4 is 23.3 Å². The van der Waals surface area contributed by atoms with Gasteiger partial charge in [0, 0.05) is 16.7 Å². The number of esters is 1. The summed E-state index contributed by atoms with van der Waals surface area (Å²) in [7, 11) is 0. The molecule has 0 aliphatic heterocycles. The molecule has 2 aromatic rings. The van der Waals surface area contributed by atoms with E-state index in [4.69, 9.17) is 16.3 Å². The van der Waals surface area contributed by atoms with E-state index in [9.17, 15) is 14.9 Å². The Morgan fingerprint density at radius 1 is 1.30 bits per heavy atom. The summed E-state index contributed by atoms with van der Waals surface area (Å²) in [6.07, 6.45) is 0.703. The van der Waals surface area contributed by atoms with Crippen LogP contribution in [-0.4, -0.2) is 10.9 Å².